The van der Waals surface area contributed by atoms with E-state index in [1.54, 1.807) is 0 Å². The van der Waals surface area contributed by atoms with E-state index in [4.69, 9.17) is 11.6 Å². The first kappa shape index (κ1) is 11.3. The molecule has 0 amide bonds. The topological polar surface area (TPSA) is 12.0 Å². The Bertz CT molecular complexity index is 353. The molecule has 0 bridgehead atoms. The summed E-state index contributed by atoms with van der Waals surface area (Å²) < 4.78 is 0. The lowest BCUT2D eigenvalue weighted by atomic mass is 9.95. The molecule has 1 aromatic rings. The van der Waals surface area contributed by atoms with E-state index in [0.29, 0.717) is 12.0 Å². The molecule has 3 heteroatoms. The molecule has 1 heterocycles. The first-order chi connectivity index (χ1) is 7.20. The van der Waals surface area contributed by atoms with Gasteiger partial charge >= 0.3 is 0 Å². The molecule has 0 radical (unpaired) electrons. The van der Waals surface area contributed by atoms with Crippen LogP contribution in [0.3, 0.4) is 0 Å². The molecule has 1 nitrogen and oxygen atoms in total. The van der Waals surface area contributed by atoms with Crippen LogP contribution in [0.25, 0.3) is 0 Å². The molecule has 0 aliphatic carbocycles. The second-order valence-corrected chi connectivity index (χ2v) is 5.61. The summed E-state index contributed by atoms with van der Waals surface area (Å²) in [5, 5.41) is 4.15. The Morgan fingerprint density at radius 2 is 2.40 bits per heavy atom. The lowest BCUT2D eigenvalue weighted by molar-refractivity contribution is 0.520. The minimum absolute atomic E-state index is 0.570. The summed E-state index contributed by atoms with van der Waals surface area (Å²) in [6, 6.07) is 6.83. The van der Waals surface area contributed by atoms with Gasteiger partial charge < -0.3 is 5.32 Å². The van der Waals surface area contributed by atoms with Gasteiger partial charge in [0.25, 0.3) is 0 Å². The molecule has 1 aliphatic heterocycles. The molecule has 0 fully saturated rings. The Morgan fingerprint density at radius 1 is 1.60 bits per heavy atom. The highest BCUT2D eigenvalue weighted by atomic mass is 35.5. The van der Waals surface area contributed by atoms with Gasteiger partial charge in [-0.05, 0) is 50.1 Å². The molecule has 2 atom stereocenters. The van der Waals surface area contributed by atoms with Crippen molar-refractivity contribution in [2.24, 2.45) is 0 Å². The van der Waals surface area contributed by atoms with Crippen molar-refractivity contribution in [3.8, 4) is 0 Å². The van der Waals surface area contributed by atoms with E-state index in [2.05, 4.69) is 24.4 Å². The van der Waals surface area contributed by atoms with Gasteiger partial charge in [-0.3, -0.25) is 0 Å². The van der Waals surface area contributed by atoms with Gasteiger partial charge in [0, 0.05) is 21.7 Å². The van der Waals surface area contributed by atoms with E-state index in [9.17, 15) is 0 Å². The summed E-state index contributed by atoms with van der Waals surface area (Å²) in [6.45, 7) is 2.23. The Morgan fingerprint density at radius 3 is 3.13 bits per heavy atom. The third-order valence-corrected chi connectivity index (χ3v) is 4.47. The van der Waals surface area contributed by atoms with Crippen molar-refractivity contribution in [1.29, 1.82) is 0 Å². The number of fused-ring (bicyclic) bond motifs is 1. The van der Waals surface area contributed by atoms with Crippen LogP contribution in [0.1, 0.15) is 24.8 Å². The molecule has 1 N–H and O–H groups in total. The fourth-order valence-electron chi connectivity index (χ4n) is 1.99. The van der Waals surface area contributed by atoms with E-state index in [-0.39, 0.29) is 0 Å². The molecule has 2 rings (SSSR count). The van der Waals surface area contributed by atoms with Gasteiger partial charge in [0.05, 0.1) is 0 Å². The average molecular weight is 242 g/mol. The molecule has 0 saturated heterocycles. The number of nitrogens with one attached hydrogen (secondary N) is 1. The van der Waals surface area contributed by atoms with Crippen molar-refractivity contribution in [3.63, 3.8) is 0 Å². The first-order valence-corrected chi connectivity index (χ1v) is 6.66. The van der Waals surface area contributed by atoms with Crippen LogP contribution in [-0.4, -0.2) is 18.8 Å². The lowest BCUT2D eigenvalue weighted by Crippen LogP contribution is -2.23. The molecule has 1 aromatic carbocycles. The largest absolute Gasteiger partial charge is 0.317 e. The van der Waals surface area contributed by atoms with Crippen molar-refractivity contribution in [1.82, 2.24) is 5.32 Å². The summed E-state index contributed by atoms with van der Waals surface area (Å²) in [5.41, 5.74) is 1.44. The van der Waals surface area contributed by atoms with Gasteiger partial charge in [-0.1, -0.05) is 11.6 Å². The zero-order valence-corrected chi connectivity index (χ0v) is 10.7. The Labute approximate surface area is 101 Å². The molecule has 0 aromatic heterocycles. The zero-order chi connectivity index (χ0) is 10.8. The molecule has 82 valence electrons. The van der Waals surface area contributed by atoms with Gasteiger partial charge in [0.15, 0.2) is 0 Å². The summed E-state index contributed by atoms with van der Waals surface area (Å²) in [7, 11) is 2.02. The van der Waals surface area contributed by atoms with Crippen LogP contribution < -0.4 is 5.32 Å². The number of rotatable bonds is 3. The molecular formula is C12H16ClNS. The zero-order valence-electron chi connectivity index (χ0n) is 9.09. The number of thioether (sulfide) groups is 1. The number of hydrogen-bond acceptors (Lipinski definition) is 2. The van der Waals surface area contributed by atoms with Crippen LogP contribution in [0.15, 0.2) is 23.1 Å². The number of hydrogen-bond donors (Lipinski definition) is 1. The van der Waals surface area contributed by atoms with Crippen molar-refractivity contribution >= 4 is 23.4 Å². The van der Waals surface area contributed by atoms with Crippen molar-refractivity contribution < 1.29 is 0 Å². The maximum absolute atomic E-state index is 6.03. The summed E-state index contributed by atoms with van der Waals surface area (Å²) in [6.07, 6.45) is 1.19. The second-order valence-electron chi connectivity index (χ2n) is 4.12. The SMILES string of the molecule is CNC(C)CC1CSc2ccc(Cl)cc21. The van der Waals surface area contributed by atoms with Crippen LogP contribution in [0.5, 0.6) is 0 Å². The maximum atomic E-state index is 6.03. The lowest BCUT2D eigenvalue weighted by Gasteiger charge is -2.16. The Hall–Kier alpha value is -0.180. The fraction of sp³-hybridized carbons (Fsp3) is 0.500. The molecule has 2 unspecified atom stereocenters. The Kier molecular flexibility index (Phi) is 3.60. The van der Waals surface area contributed by atoms with Gasteiger partial charge in [-0.15, -0.1) is 11.8 Å². The predicted octanol–water partition coefficient (Wildman–Crippen LogP) is 3.53. The van der Waals surface area contributed by atoms with Crippen molar-refractivity contribution in [2.75, 3.05) is 12.8 Å². The molecule has 0 saturated carbocycles. The monoisotopic (exact) mass is 241 g/mol. The summed E-state index contributed by atoms with van der Waals surface area (Å²) in [5.74, 6) is 1.85. The highest BCUT2D eigenvalue weighted by molar-refractivity contribution is 7.99. The summed E-state index contributed by atoms with van der Waals surface area (Å²) >= 11 is 7.98. The van der Waals surface area contributed by atoms with Crippen LogP contribution >= 0.6 is 23.4 Å². The van der Waals surface area contributed by atoms with Crippen LogP contribution in [0, 0.1) is 0 Å². The van der Waals surface area contributed by atoms with E-state index in [1.807, 2.05) is 24.9 Å². The highest BCUT2D eigenvalue weighted by Gasteiger charge is 2.24. The van der Waals surface area contributed by atoms with Crippen LogP contribution in [0.4, 0.5) is 0 Å². The van der Waals surface area contributed by atoms with Crippen molar-refractivity contribution in [3.05, 3.63) is 28.8 Å². The average Bonchev–Trinajstić information content (AvgIpc) is 2.61. The molecule has 1 aliphatic rings. The maximum Gasteiger partial charge on any atom is 0.0409 e. The standard InChI is InChI=1S/C12H16ClNS/c1-8(14-2)5-9-7-15-12-4-3-10(13)6-11(9)12/h3-4,6,8-9,14H,5,7H2,1-2H3. The fourth-order valence-corrected chi connectivity index (χ4v) is 3.42. The predicted molar refractivity (Wildman–Crippen MR) is 68.1 cm³/mol. The smallest absolute Gasteiger partial charge is 0.0409 e. The summed E-state index contributed by atoms with van der Waals surface area (Å²) in [4.78, 5) is 1.41. The van der Waals surface area contributed by atoms with Gasteiger partial charge in [0.1, 0.15) is 0 Å². The van der Waals surface area contributed by atoms with Gasteiger partial charge in [0.2, 0.25) is 0 Å². The minimum atomic E-state index is 0.570. The van der Waals surface area contributed by atoms with Gasteiger partial charge in [-0.2, -0.15) is 0 Å². The normalized spacial score (nSPS) is 21.4. The van der Waals surface area contributed by atoms with E-state index < -0.39 is 0 Å². The van der Waals surface area contributed by atoms with Gasteiger partial charge in [-0.25, -0.2) is 0 Å². The van der Waals surface area contributed by atoms with E-state index >= 15 is 0 Å². The number of halogens is 1. The Balaban J connectivity index is 2.16. The molecular weight excluding hydrogens is 226 g/mol. The van der Waals surface area contributed by atoms with E-state index in [0.717, 1.165) is 5.02 Å². The van der Waals surface area contributed by atoms with Crippen LogP contribution in [-0.2, 0) is 0 Å². The molecule has 0 spiro atoms. The number of benzene rings is 1. The second kappa shape index (κ2) is 4.77. The quantitative estimate of drug-likeness (QED) is 0.869. The highest BCUT2D eigenvalue weighted by Crippen LogP contribution is 2.42. The molecule has 15 heavy (non-hydrogen) atoms. The van der Waals surface area contributed by atoms with E-state index in [1.165, 1.54) is 22.6 Å². The first-order valence-electron chi connectivity index (χ1n) is 5.30. The minimum Gasteiger partial charge on any atom is -0.317 e. The third-order valence-electron chi connectivity index (χ3n) is 2.98. The van der Waals surface area contributed by atoms with Crippen molar-refractivity contribution in [2.45, 2.75) is 30.2 Å². The van der Waals surface area contributed by atoms with Crippen LogP contribution in [0.2, 0.25) is 5.02 Å². The third kappa shape index (κ3) is 2.49.